The Hall–Kier alpha value is -0.610. The Labute approximate surface area is 156 Å². The first-order chi connectivity index (χ1) is 11.8. The molecular formula is C16H26N4O3S2. The highest BCUT2D eigenvalue weighted by atomic mass is 32.2. The first-order valence-corrected chi connectivity index (χ1v) is 10.8. The molecular weight excluding hydrogens is 360 g/mol. The average molecular weight is 387 g/mol. The van der Waals surface area contributed by atoms with Crippen LogP contribution in [0, 0.1) is 0 Å². The van der Waals surface area contributed by atoms with Crippen LogP contribution in [0.15, 0.2) is 15.2 Å². The van der Waals surface area contributed by atoms with Crippen molar-refractivity contribution < 1.29 is 14.2 Å². The summed E-state index contributed by atoms with van der Waals surface area (Å²) in [4.78, 5) is 9.22. The summed E-state index contributed by atoms with van der Waals surface area (Å²) < 4.78 is 20.5. The van der Waals surface area contributed by atoms with Gasteiger partial charge in [-0.05, 0) is 47.1 Å². The zero-order valence-electron chi connectivity index (χ0n) is 15.8. The molecule has 25 heavy (non-hydrogen) atoms. The van der Waals surface area contributed by atoms with E-state index in [1.807, 2.05) is 51.8 Å². The van der Waals surface area contributed by atoms with Gasteiger partial charge in [0.05, 0.1) is 6.10 Å². The number of hydrogen-bond acceptors (Lipinski definition) is 8. The molecule has 0 N–H and O–H groups in total. The Balaban J connectivity index is 2.17. The van der Waals surface area contributed by atoms with Gasteiger partial charge in [0.2, 0.25) is 5.16 Å². The number of hydrogen-bond donors (Lipinski definition) is 0. The standard InChI is InChI=1S/C16H26N4O3S2/c1-8-17-11-12(24-6)18-14(25-7)19-20(11)13-16(5)10(9(2)21-13)22-15(3,4)23-16/h9-10,13H,8H2,1-7H3/b17-11-/t9?,10-,13?,16-/m1/s1. The van der Waals surface area contributed by atoms with Crippen molar-refractivity contribution in [2.24, 2.45) is 4.99 Å². The van der Waals surface area contributed by atoms with Crippen LogP contribution < -0.4 is 5.49 Å². The smallest absolute Gasteiger partial charge is 0.207 e. The molecule has 140 valence electrons. The van der Waals surface area contributed by atoms with Gasteiger partial charge in [-0.25, -0.2) is 9.67 Å². The van der Waals surface area contributed by atoms with E-state index in [0.29, 0.717) is 11.7 Å². The van der Waals surface area contributed by atoms with E-state index in [4.69, 9.17) is 14.2 Å². The van der Waals surface area contributed by atoms with Gasteiger partial charge in [0, 0.05) is 6.54 Å². The molecule has 7 nitrogen and oxygen atoms in total. The van der Waals surface area contributed by atoms with E-state index >= 15 is 0 Å². The first-order valence-electron chi connectivity index (χ1n) is 8.38. The van der Waals surface area contributed by atoms with E-state index < -0.39 is 17.6 Å². The van der Waals surface area contributed by atoms with Gasteiger partial charge in [-0.1, -0.05) is 11.8 Å². The van der Waals surface area contributed by atoms with Gasteiger partial charge in [-0.3, -0.25) is 4.99 Å². The normalized spacial score (nSPS) is 34.5. The minimum absolute atomic E-state index is 0.107. The van der Waals surface area contributed by atoms with Crippen molar-refractivity contribution in [2.75, 3.05) is 19.1 Å². The molecule has 1 aromatic heterocycles. The van der Waals surface area contributed by atoms with E-state index in [1.54, 1.807) is 11.8 Å². The molecule has 0 saturated carbocycles. The van der Waals surface area contributed by atoms with E-state index in [-0.39, 0.29) is 12.2 Å². The molecule has 1 aromatic rings. The van der Waals surface area contributed by atoms with Crippen LogP contribution in [0.1, 0.15) is 40.8 Å². The summed E-state index contributed by atoms with van der Waals surface area (Å²) in [7, 11) is 0. The number of aromatic nitrogens is 3. The van der Waals surface area contributed by atoms with Crippen LogP contribution in [0.2, 0.25) is 0 Å². The molecule has 2 saturated heterocycles. The maximum atomic E-state index is 6.29. The number of fused-ring (bicyclic) bond motifs is 1. The van der Waals surface area contributed by atoms with E-state index in [1.165, 1.54) is 11.8 Å². The second-order valence-corrected chi connectivity index (χ2v) is 8.34. The lowest BCUT2D eigenvalue weighted by molar-refractivity contribution is -0.216. The summed E-state index contributed by atoms with van der Waals surface area (Å²) in [6.07, 6.45) is 3.25. The Morgan fingerprint density at radius 3 is 2.56 bits per heavy atom. The quantitative estimate of drug-likeness (QED) is 0.736. The third-order valence-corrected chi connectivity index (χ3v) is 5.61. The van der Waals surface area contributed by atoms with Gasteiger partial charge in [-0.2, -0.15) is 0 Å². The third-order valence-electron chi connectivity index (χ3n) is 4.41. The fourth-order valence-corrected chi connectivity index (χ4v) is 4.50. The Bertz CT molecular complexity index is 724. The zero-order chi connectivity index (χ0) is 18.4. The van der Waals surface area contributed by atoms with Gasteiger partial charge in [0.15, 0.2) is 17.5 Å². The Morgan fingerprint density at radius 1 is 1.24 bits per heavy atom. The molecule has 0 radical (unpaired) electrons. The second-order valence-electron chi connectivity index (χ2n) is 6.77. The molecule has 4 atom stereocenters. The number of nitrogens with zero attached hydrogens (tertiary/aromatic N) is 4. The van der Waals surface area contributed by atoms with Crippen LogP contribution >= 0.6 is 23.5 Å². The van der Waals surface area contributed by atoms with Crippen molar-refractivity contribution in [3.05, 3.63) is 5.49 Å². The fraction of sp³-hybridized carbons (Fsp3) is 0.812. The maximum absolute atomic E-state index is 6.29. The van der Waals surface area contributed by atoms with Gasteiger partial charge >= 0.3 is 0 Å². The highest BCUT2D eigenvalue weighted by Gasteiger charge is 2.63. The molecule has 0 aromatic carbocycles. The van der Waals surface area contributed by atoms with Crippen molar-refractivity contribution >= 4 is 23.5 Å². The minimum Gasteiger partial charge on any atom is -0.347 e. The minimum atomic E-state index is -0.657. The zero-order valence-corrected chi connectivity index (χ0v) is 17.4. The number of rotatable bonds is 4. The molecule has 3 heterocycles. The molecule has 9 heteroatoms. The van der Waals surface area contributed by atoms with Crippen LogP contribution in [-0.4, -0.2) is 57.4 Å². The third kappa shape index (κ3) is 3.25. The summed E-state index contributed by atoms with van der Waals surface area (Å²) >= 11 is 3.05. The van der Waals surface area contributed by atoms with E-state index in [2.05, 4.69) is 15.1 Å². The van der Waals surface area contributed by atoms with Crippen molar-refractivity contribution in [2.45, 2.75) is 74.6 Å². The predicted molar refractivity (Wildman–Crippen MR) is 97.7 cm³/mol. The largest absolute Gasteiger partial charge is 0.347 e. The SMILES string of the molecule is CC/N=c1/c(SC)nc(SC)nn1C1OC(C)[C@H]2OC(C)(C)O[C@@]12C. The molecule has 0 amide bonds. The van der Waals surface area contributed by atoms with Crippen LogP contribution in [0.5, 0.6) is 0 Å². The number of ether oxygens (including phenoxy) is 3. The highest BCUT2D eigenvalue weighted by molar-refractivity contribution is 7.99. The number of thioether (sulfide) groups is 2. The molecule has 0 aliphatic carbocycles. The van der Waals surface area contributed by atoms with Gasteiger partial charge < -0.3 is 14.2 Å². The average Bonchev–Trinajstić information content (AvgIpc) is 2.94. The summed E-state index contributed by atoms with van der Waals surface area (Å²) in [6, 6.07) is 0. The summed E-state index contributed by atoms with van der Waals surface area (Å²) in [5.74, 6) is -0.657. The Morgan fingerprint density at radius 2 is 1.96 bits per heavy atom. The van der Waals surface area contributed by atoms with Gasteiger partial charge in [0.1, 0.15) is 16.7 Å². The van der Waals surface area contributed by atoms with Crippen molar-refractivity contribution in [3.63, 3.8) is 0 Å². The lowest BCUT2D eigenvalue weighted by Crippen LogP contribution is -2.45. The maximum Gasteiger partial charge on any atom is 0.207 e. The second kappa shape index (κ2) is 6.84. The van der Waals surface area contributed by atoms with Crippen molar-refractivity contribution in [1.29, 1.82) is 0 Å². The molecule has 2 fully saturated rings. The summed E-state index contributed by atoms with van der Waals surface area (Å²) in [5, 5.41) is 6.21. The molecule has 0 spiro atoms. The van der Waals surface area contributed by atoms with E-state index in [0.717, 1.165) is 10.5 Å². The molecule has 2 aliphatic heterocycles. The van der Waals surface area contributed by atoms with Crippen LogP contribution in [0.4, 0.5) is 0 Å². The molecule has 2 aliphatic rings. The predicted octanol–water partition coefficient (Wildman–Crippen LogP) is 2.47. The van der Waals surface area contributed by atoms with Crippen LogP contribution in [0.25, 0.3) is 0 Å². The molecule has 2 unspecified atom stereocenters. The summed E-state index contributed by atoms with van der Waals surface area (Å²) in [6.45, 7) is 10.5. The van der Waals surface area contributed by atoms with E-state index in [9.17, 15) is 0 Å². The lowest BCUT2D eigenvalue weighted by atomic mass is 9.97. The highest BCUT2D eigenvalue weighted by Crippen LogP contribution is 2.50. The Kier molecular flexibility index (Phi) is 5.25. The topological polar surface area (TPSA) is 70.8 Å². The monoisotopic (exact) mass is 386 g/mol. The first kappa shape index (κ1) is 19.2. The van der Waals surface area contributed by atoms with Gasteiger partial charge in [-0.15, -0.1) is 16.9 Å². The summed E-state index contributed by atoms with van der Waals surface area (Å²) in [5.41, 5.74) is 0.0749. The van der Waals surface area contributed by atoms with Crippen molar-refractivity contribution in [3.8, 4) is 0 Å². The molecule has 3 rings (SSSR count). The van der Waals surface area contributed by atoms with Crippen LogP contribution in [0.3, 0.4) is 0 Å². The fourth-order valence-electron chi connectivity index (χ4n) is 3.57. The van der Waals surface area contributed by atoms with Crippen molar-refractivity contribution in [1.82, 2.24) is 14.8 Å². The van der Waals surface area contributed by atoms with Crippen LogP contribution in [-0.2, 0) is 14.2 Å². The molecule has 0 bridgehead atoms. The van der Waals surface area contributed by atoms with Gasteiger partial charge in [0.25, 0.3) is 0 Å². The lowest BCUT2D eigenvalue weighted by Gasteiger charge is -2.30.